The Morgan fingerprint density at radius 3 is 2.41 bits per heavy atom. The van der Waals surface area contributed by atoms with Gasteiger partial charge in [0.1, 0.15) is 5.75 Å². The van der Waals surface area contributed by atoms with Crippen molar-refractivity contribution in [3.63, 3.8) is 0 Å². The number of carbonyl (C=O) groups excluding carboxylic acids is 1. The fourth-order valence-corrected chi connectivity index (χ4v) is 3.14. The van der Waals surface area contributed by atoms with Crippen LogP contribution in [0.3, 0.4) is 0 Å². The largest absolute Gasteiger partial charge is 0.409 e. The Balaban J connectivity index is 1.50. The van der Waals surface area contributed by atoms with E-state index in [9.17, 15) is 4.79 Å². The molecule has 3 rings (SSSR count). The minimum Gasteiger partial charge on any atom is -0.409 e. The highest BCUT2D eigenvalue weighted by molar-refractivity contribution is 5.94. The molecule has 5 heteroatoms. The number of nitrogens with one attached hydrogen (secondary N) is 1. The van der Waals surface area contributed by atoms with Crippen LogP contribution in [0.1, 0.15) is 29.6 Å². The second-order valence-electron chi connectivity index (χ2n) is 6.22. The van der Waals surface area contributed by atoms with Crippen molar-refractivity contribution < 1.29 is 9.63 Å². The molecule has 120 valence electrons. The fraction of sp³-hybridized carbons (Fsp3) is 0.588. The first kappa shape index (κ1) is 15.3. The second kappa shape index (κ2) is 7.11. The van der Waals surface area contributed by atoms with Gasteiger partial charge < -0.3 is 9.74 Å². The summed E-state index contributed by atoms with van der Waals surface area (Å²) in [4.78, 5) is 22.2. The van der Waals surface area contributed by atoms with Crippen LogP contribution in [-0.4, -0.2) is 55.5 Å². The van der Waals surface area contributed by atoms with E-state index >= 15 is 0 Å². The van der Waals surface area contributed by atoms with E-state index < -0.39 is 0 Å². The van der Waals surface area contributed by atoms with Crippen LogP contribution in [-0.2, 0) is 0 Å². The van der Waals surface area contributed by atoms with Gasteiger partial charge in [-0.15, -0.1) is 0 Å². The number of amides is 1. The first-order chi connectivity index (χ1) is 10.8. The maximum atomic E-state index is 12.5. The normalized spacial score (nSPS) is 19.8. The van der Waals surface area contributed by atoms with Gasteiger partial charge >= 0.3 is 0 Å². The van der Waals surface area contributed by atoms with Gasteiger partial charge in [0.15, 0.2) is 0 Å². The number of hydrogen-bond acceptors (Lipinski definition) is 4. The lowest BCUT2D eigenvalue weighted by Gasteiger charge is -2.38. The fourth-order valence-electron chi connectivity index (χ4n) is 3.14. The SMILES string of the molecule is CNOc1ccc(C(=O)N2CCN(CC3CCC3)CC2)cc1. The lowest BCUT2D eigenvalue weighted by atomic mass is 9.85. The molecule has 0 bridgehead atoms. The highest BCUT2D eigenvalue weighted by Crippen LogP contribution is 2.27. The average molecular weight is 303 g/mol. The van der Waals surface area contributed by atoms with Crippen molar-refractivity contribution in [2.45, 2.75) is 19.3 Å². The molecule has 22 heavy (non-hydrogen) atoms. The molecule has 0 spiro atoms. The van der Waals surface area contributed by atoms with Gasteiger partial charge in [-0.05, 0) is 43.0 Å². The summed E-state index contributed by atoms with van der Waals surface area (Å²) in [5.74, 6) is 1.74. The summed E-state index contributed by atoms with van der Waals surface area (Å²) in [7, 11) is 1.71. The average Bonchev–Trinajstić information content (AvgIpc) is 2.52. The van der Waals surface area contributed by atoms with Crippen LogP contribution in [0.15, 0.2) is 24.3 Å². The van der Waals surface area contributed by atoms with E-state index in [0.29, 0.717) is 5.75 Å². The van der Waals surface area contributed by atoms with Gasteiger partial charge in [0, 0.05) is 45.3 Å². The van der Waals surface area contributed by atoms with Crippen molar-refractivity contribution in [3.05, 3.63) is 29.8 Å². The van der Waals surface area contributed by atoms with Crippen LogP contribution in [0.4, 0.5) is 0 Å². The third-order valence-corrected chi connectivity index (χ3v) is 4.72. The van der Waals surface area contributed by atoms with Crippen LogP contribution >= 0.6 is 0 Å². The number of hydrogen-bond donors (Lipinski definition) is 1. The molecule has 1 heterocycles. The lowest BCUT2D eigenvalue weighted by molar-refractivity contribution is 0.0590. The van der Waals surface area contributed by atoms with E-state index in [0.717, 1.165) is 37.7 Å². The Kier molecular flexibility index (Phi) is 4.95. The summed E-state index contributed by atoms with van der Waals surface area (Å²) in [5.41, 5.74) is 3.36. The Hall–Kier alpha value is -1.59. The van der Waals surface area contributed by atoms with Crippen molar-refractivity contribution in [2.75, 3.05) is 39.8 Å². The number of benzene rings is 1. The maximum Gasteiger partial charge on any atom is 0.253 e. The van der Waals surface area contributed by atoms with E-state index in [-0.39, 0.29) is 5.91 Å². The number of rotatable bonds is 5. The van der Waals surface area contributed by atoms with E-state index in [1.165, 1.54) is 25.8 Å². The van der Waals surface area contributed by atoms with E-state index in [1.807, 2.05) is 29.2 Å². The van der Waals surface area contributed by atoms with Gasteiger partial charge in [0.2, 0.25) is 0 Å². The van der Waals surface area contributed by atoms with Gasteiger partial charge in [-0.25, -0.2) is 0 Å². The molecule has 1 saturated carbocycles. The van der Waals surface area contributed by atoms with Crippen molar-refractivity contribution in [2.24, 2.45) is 5.92 Å². The number of piperazine rings is 1. The summed E-state index contributed by atoms with van der Waals surface area (Å²) >= 11 is 0. The van der Waals surface area contributed by atoms with Crippen LogP contribution in [0.5, 0.6) is 5.75 Å². The molecule has 0 radical (unpaired) electrons. The van der Waals surface area contributed by atoms with Crippen LogP contribution in [0.2, 0.25) is 0 Å². The predicted octanol–water partition coefficient (Wildman–Crippen LogP) is 1.76. The van der Waals surface area contributed by atoms with Gasteiger partial charge in [0.05, 0.1) is 0 Å². The predicted molar refractivity (Wildman–Crippen MR) is 85.8 cm³/mol. The molecule has 5 nitrogen and oxygen atoms in total. The van der Waals surface area contributed by atoms with Crippen LogP contribution in [0.25, 0.3) is 0 Å². The molecule has 1 aliphatic carbocycles. The molecule has 2 fully saturated rings. The molecular formula is C17H25N3O2. The molecule has 1 aromatic rings. The smallest absolute Gasteiger partial charge is 0.253 e. The molecule has 1 aromatic carbocycles. The lowest BCUT2D eigenvalue weighted by Crippen LogP contribution is -2.50. The number of carbonyl (C=O) groups is 1. The highest BCUT2D eigenvalue weighted by atomic mass is 16.6. The van der Waals surface area contributed by atoms with Crippen molar-refractivity contribution >= 4 is 5.91 Å². The molecule has 0 atom stereocenters. The van der Waals surface area contributed by atoms with Crippen molar-refractivity contribution in [3.8, 4) is 5.75 Å². The third-order valence-electron chi connectivity index (χ3n) is 4.72. The van der Waals surface area contributed by atoms with E-state index in [1.54, 1.807) is 7.05 Å². The zero-order chi connectivity index (χ0) is 15.4. The minimum atomic E-state index is 0.124. The summed E-state index contributed by atoms with van der Waals surface area (Å²) in [5, 5.41) is 0. The van der Waals surface area contributed by atoms with Crippen LogP contribution in [0, 0.1) is 5.92 Å². The summed E-state index contributed by atoms with van der Waals surface area (Å²) in [6.45, 7) is 4.89. The summed E-state index contributed by atoms with van der Waals surface area (Å²) < 4.78 is 0. The minimum absolute atomic E-state index is 0.124. The Morgan fingerprint density at radius 1 is 1.18 bits per heavy atom. The number of nitrogens with zero attached hydrogens (tertiary/aromatic N) is 2. The zero-order valence-corrected chi connectivity index (χ0v) is 13.3. The molecule has 0 unspecified atom stereocenters. The first-order valence-corrected chi connectivity index (χ1v) is 8.21. The van der Waals surface area contributed by atoms with E-state index in [4.69, 9.17) is 4.84 Å². The quantitative estimate of drug-likeness (QED) is 0.842. The molecule has 1 N–H and O–H groups in total. The highest BCUT2D eigenvalue weighted by Gasteiger charge is 2.25. The van der Waals surface area contributed by atoms with E-state index in [2.05, 4.69) is 10.4 Å². The molecular weight excluding hydrogens is 278 g/mol. The molecule has 1 saturated heterocycles. The second-order valence-corrected chi connectivity index (χ2v) is 6.22. The first-order valence-electron chi connectivity index (χ1n) is 8.21. The monoisotopic (exact) mass is 303 g/mol. The van der Waals surface area contributed by atoms with Crippen molar-refractivity contribution in [1.82, 2.24) is 15.3 Å². The van der Waals surface area contributed by atoms with Gasteiger partial charge in [0.25, 0.3) is 5.91 Å². The molecule has 2 aliphatic rings. The van der Waals surface area contributed by atoms with Crippen molar-refractivity contribution in [1.29, 1.82) is 0 Å². The Labute approximate surface area is 132 Å². The Morgan fingerprint density at radius 2 is 1.86 bits per heavy atom. The standard InChI is InChI=1S/C17H25N3O2/c1-18-22-16-7-5-15(6-8-16)17(21)20-11-9-19(10-12-20)13-14-3-2-4-14/h5-8,14,18H,2-4,9-13H2,1H3. The number of hydroxylamine groups is 1. The molecule has 0 aromatic heterocycles. The zero-order valence-electron chi connectivity index (χ0n) is 13.3. The third kappa shape index (κ3) is 3.59. The molecule has 1 amide bonds. The summed E-state index contributed by atoms with van der Waals surface area (Å²) in [6, 6.07) is 7.29. The molecule has 1 aliphatic heterocycles. The summed E-state index contributed by atoms with van der Waals surface area (Å²) in [6.07, 6.45) is 4.18. The van der Waals surface area contributed by atoms with Crippen LogP contribution < -0.4 is 10.3 Å². The Bertz CT molecular complexity index is 491. The maximum absolute atomic E-state index is 12.5. The van der Waals surface area contributed by atoms with Gasteiger partial charge in [-0.2, -0.15) is 5.48 Å². The topological polar surface area (TPSA) is 44.8 Å². The van der Waals surface area contributed by atoms with Gasteiger partial charge in [-0.1, -0.05) is 6.42 Å². The van der Waals surface area contributed by atoms with Gasteiger partial charge in [-0.3, -0.25) is 9.69 Å².